The summed E-state index contributed by atoms with van der Waals surface area (Å²) in [7, 11) is -1.80. The van der Waals surface area contributed by atoms with Gasteiger partial charge in [-0.3, -0.25) is 0 Å². The summed E-state index contributed by atoms with van der Waals surface area (Å²) in [6.07, 6.45) is 4.12. The monoisotopic (exact) mass is 325 g/mol. The van der Waals surface area contributed by atoms with Crippen LogP contribution in [-0.4, -0.2) is 32.9 Å². The molecule has 0 atom stereocenters. The zero-order valence-corrected chi connectivity index (χ0v) is 14.9. The highest BCUT2D eigenvalue weighted by Gasteiger charge is 2.28. The van der Waals surface area contributed by atoms with E-state index < -0.39 is 10.0 Å². The average molecular weight is 325 g/mol. The standard InChI is InChI=1S/C17H27NO3S/c1-17(2,3)15-13-14(9-10-16(15)21-4)22(19,20)18-11-7-5-6-8-12-18/h9-10,13H,5-8,11-12H2,1-4H3. The molecular formula is C17H27NO3S. The van der Waals surface area contributed by atoms with Crippen LogP contribution in [-0.2, 0) is 15.4 Å². The van der Waals surface area contributed by atoms with Crippen LogP contribution in [0.25, 0.3) is 0 Å². The second-order valence-corrected chi connectivity index (χ2v) is 8.87. The first-order chi connectivity index (χ1) is 10.3. The van der Waals surface area contributed by atoms with Crippen molar-refractivity contribution in [3.8, 4) is 5.75 Å². The number of nitrogens with zero attached hydrogens (tertiary/aromatic N) is 1. The van der Waals surface area contributed by atoms with E-state index in [-0.39, 0.29) is 5.41 Å². The molecule has 1 fully saturated rings. The number of ether oxygens (including phenoxy) is 1. The van der Waals surface area contributed by atoms with E-state index in [0.717, 1.165) is 37.0 Å². The van der Waals surface area contributed by atoms with Gasteiger partial charge in [0.15, 0.2) is 0 Å². The summed E-state index contributed by atoms with van der Waals surface area (Å²) in [5, 5.41) is 0. The van der Waals surface area contributed by atoms with Gasteiger partial charge in [0, 0.05) is 18.7 Å². The molecule has 1 aliphatic rings. The second-order valence-electron chi connectivity index (χ2n) is 6.93. The molecule has 0 aliphatic carbocycles. The third-order valence-corrected chi connectivity index (χ3v) is 6.08. The smallest absolute Gasteiger partial charge is 0.243 e. The van der Waals surface area contributed by atoms with Gasteiger partial charge in [0.25, 0.3) is 0 Å². The molecule has 2 rings (SSSR count). The number of methoxy groups -OCH3 is 1. The Balaban J connectivity index is 2.43. The van der Waals surface area contributed by atoms with Crippen LogP contribution in [0.2, 0.25) is 0 Å². The minimum absolute atomic E-state index is 0.171. The van der Waals surface area contributed by atoms with Crippen molar-refractivity contribution in [1.29, 1.82) is 0 Å². The lowest BCUT2D eigenvalue weighted by Crippen LogP contribution is -2.32. The minimum Gasteiger partial charge on any atom is -0.496 e. The van der Waals surface area contributed by atoms with E-state index in [2.05, 4.69) is 20.8 Å². The van der Waals surface area contributed by atoms with E-state index in [1.807, 2.05) is 0 Å². The Morgan fingerprint density at radius 1 is 1.05 bits per heavy atom. The van der Waals surface area contributed by atoms with Crippen molar-refractivity contribution in [2.75, 3.05) is 20.2 Å². The fourth-order valence-corrected chi connectivity index (χ4v) is 4.41. The van der Waals surface area contributed by atoms with Crippen LogP contribution in [0.4, 0.5) is 0 Å². The van der Waals surface area contributed by atoms with Gasteiger partial charge in [-0.15, -0.1) is 0 Å². The van der Waals surface area contributed by atoms with Gasteiger partial charge in [0.1, 0.15) is 5.75 Å². The van der Waals surface area contributed by atoms with Crippen molar-refractivity contribution < 1.29 is 13.2 Å². The van der Waals surface area contributed by atoms with Crippen molar-refractivity contribution in [1.82, 2.24) is 4.31 Å². The summed E-state index contributed by atoms with van der Waals surface area (Å²) in [6, 6.07) is 5.21. The Morgan fingerprint density at radius 2 is 1.64 bits per heavy atom. The fraction of sp³-hybridized carbons (Fsp3) is 0.647. The number of hydrogen-bond acceptors (Lipinski definition) is 3. The number of hydrogen-bond donors (Lipinski definition) is 0. The maximum Gasteiger partial charge on any atom is 0.243 e. The van der Waals surface area contributed by atoms with Gasteiger partial charge in [0.05, 0.1) is 12.0 Å². The molecule has 0 spiro atoms. The molecule has 4 nitrogen and oxygen atoms in total. The predicted molar refractivity (Wildman–Crippen MR) is 88.9 cm³/mol. The average Bonchev–Trinajstić information content (AvgIpc) is 2.75. The number of rotatable bonds is 3. The molecule has 0 bridgehead atoms. The molecule has 1 heterocycles. The summed E-state index contributed by atoms with van der Waals surface area (Å²) in [5.74, 6) is 0.738. The summed E-state index contributed by atoms with van der Waals surface area (Å²) in [4.78, 5) is 0.375. The molecule has 0 saturated carbocycles. The highest BCUT2D eigenvalue weighted by Crippen LogP contribution is 2.34. The highest BCUT2D eigenvalue weighted by atomic mass is 32.2. The van der Waals surface area contributed by atoms with Crippen LogP contribution in [0, 0.1) is 0 Å². The van der Waals surface area contributed by atoms with E-state index in [4.69, 9.17) is 4.74 Å². The molecule has 0 unspecified atom stereocenters. The molecule has 5 heteroatoms. The van der Waals surface area contributed by atoms with Crippen LogP contribution in [0.15, 0.2) is 23.1 Å². The molecule has 124 valence electrons. The van der Waals surface area contributed by atoms with Gasteiger partial charge in [-0.2, -0.15) is 4.31 Å². The fourth-order valence-electron chi connectivity index (χ4n) is 2.86. The maximum absolute atomic E-state index is 12.9. The lowest BCUT2D eigenvalue weighted by molar-refractivity contribution is 0.396. The highest BCUT2D eigenvalue weighted by molar-refractivity contribution is 7.89. The Labute approximate surface area is 134 Å². The van der Waals surface area contributed by atoms with E-state index in [1.54, 1.807) is 29.6 Å². The molecule has 1 aromatic carbocycles. The first-order valence-corrected chi connectivity index (χ1v) is 9.39. The topological polar surface area (TPSA) is 46.6 Å². The van der Waals surface area contributed by atoms with Gasteiger partial charge in [-0.25, -0.2) is 8.42 Å². The van der Waals surface area contributed by atoms with Gasteiger partial charge < -0.3 is 4.74 Å². The van der Waals surface area contributed by atoms with Crippen molar-refractivity contribution >= 4 is 10.0 Å². The Bertz CT molecular complexity index is 609. The van der Waals surface area contributed by atoms with E-state index in [9.17, 15) is 8.42 Å². The van der Waals surface area contributed by atoms with Crippen LogP contribution in [0.5, 0.6) is 5.75 Å². The lowest BCUT2D eigenvalue weighted by atomic mass is 9.86. The van der Waals surface area contributed by atoms with E-state index in [0.29, 0.717) is 18.0 Å². The molecule has 0 radical (unpaired) electrons. The van der Waals surface area contributed by atoms with Crippen LogP contribution in [0.1, 0.15) is 52.0 Å². The van der Waals surface area contributed by atoms with E-state index in [1.165, 1.54) is 0 Å². The molecule has 22 heavy (non-hydrogen) atoms. The van der Waals surface area contributed by atoms with Gasteiger partial charge in [-0.1, -0.05) is 33.6 Å². The summed E-state index contributed by atoms with van der Waals surface area (Å²) >= 11 is 0. The summed E-state index contributed by atoms with van der Waals surface area (Å²) < 4.78 is 32.8. The predicted octanol–water partition coefficient (Wildman–Crippen LogP) is 3.56. The zero-order valence-electron chi connectivity index (χ0n) is 14.1. The maximum atomic E-state index is 12.9. The van der Waals surface area contributed by atoms with Crippen LogP contribution < -0.4 is 4.74 Å². The summed E-state index contributed by atoms with van der Waals surface area (Å²) in [6.45, 7) is 7.44. The van der Waals surface area contributed by atoms with Gasteiger partial charge in [-0.05, 0) is 36.5 Å². The molecule has 1 aliphatic heterocycles. The number of benzene rings is 1. The Morgan fingerprint density at radius 3 is 2.14 bits per heavy atom. The molecule has 1 saturated heterocycles. The largest absolute Gasteiger partial charge is 0.496 e. The Hall–Kier alpha value is -1.07. The molecule has 0 aromatic heterocycles. The summed E-state index contributed by atoms with van der Waals surface area (Å²) in [5.41, 5.74) is 0.751. The molecule has 1 aromatic rings. The van der Waals surface area contributed by atoms with Crippen molar-refractivity contribution in [2.45, 2.75) is 56.8 Å². The van der Waals surface area contributed by atoms with Crippen molar-refractivity contribution in [3.05, 3.63) is 23.8 Å². The van der Waals surface area contributed by atoms with Gasteiger partial charge in [0.2, 0.25) is 10.0 Å². The zero-order chi connectivity index (χ0) is 16.4. The SMILES string of the molecule is COc1ccc(S(=O)(=O)N2CCCCCC2)cc1C(C)(C)C. The van der Waals surface area contributed by atoms with Crippen molar-refractivity contribution in [2.24, 2.45) is 0 Å². The Kier molecular flexibility index (Phi) is 5.17. The molecular weight excluding hydrogens is 298 g/mol. The van der Waals surface area contributed by atoms with Crippen LogP contribution in [0.3, 0.4) is 0 Å². The van der Waals surface area contributed by atoms with Crippen molar-refractivity contribution in [3.63, 3.8) is 0 Å². The first-order valence-electron chi connectivity index (χ1n) is 7.95. The van der Waals surface area contributed by atoms with Crippen LogP contribution >= 0.6 is 0 Å². The van der Waals surface area contributed by atoms with Gasteiger partial charge >= 0.3 is 0 Å². The first kappa shape index (κ1) is 17.3. The lowest BCUT2D eigenvalue weighted by Gasteiger charge is -2.25. The third-order valence-electron chi connectivity index (χ3n) is 4.18. The second kappa shape index (κ2) is 6.59. The quantitative estimate of drug-likeness (QED) is 0.853. The minimum atomic E-state index is -3.42. The molecule has 0 amide bonds. The van der Waals surface area contributed by atoms with E-state index >= 15 is 0 Å². The number of sulfonamides is 1. The normalized spacial score (nSPS) is 18.0. The third kappa shape index (κ3) is 3.63. The molecule has 0 N–H and O–H groups in total.